The van der Waals surface area contributed by atoms with E-state index >= 15 is 0 Å². The van der Waals surface area contributed by atoms with Gasteiger partial charge in [0.15, 0.2) is 5.71 Å². The second kappa shape index (κ2) is 11.3. The standard InChI is InChI=1S/C21H19F6N3O3S/c1-28-18(31)17(29-32-2)16-7-5-4-6-12(16)11-33-30-19(34-3)13-8-14(20(22,23)24)10-15(9-13)21(25,26)27/h4-10H,11H2,1-3H3,(H,28,31)/b29-17+,30-19-. The molecule has 0 saturated heterocycles. The Bertz CT molecular complexity index is 1050. The number of benzene rings is 2. The Labute approximate surface area is 195 Å². The molecule has 6 nitrogen and oxygen atoms in total. The lowest BCUT2D eigenvalue weighted by atomic mass is 10.0. The molecule has 0 aromatic heterocycles. The first-order valence-corrected chi connectivity index (χ1v) is 10.6. The van der Waals surface area contributed by atoms with Gasteiger partial charge in [0.25, 0.3) is 5.91 Å². The molecule has 13 heteroatoms. The summed E-state index contributed by atoms with van der Waals surface area (Å²) in [6.45, 7) is -0.259. The Morgan fingerprint density at radius 2 is 1.59 bits per heavy atom. The topological polar surface area (TPSA) is 72.3 Å². The second-order valence-electron chi connectivity index (χ2n) is 6.53. The molecule has 0 spiro atoms. The summed E-state index contributed by atoms with van der Waals surface area (Å²) in [5, 5.41) is 9.64. The Hall–Kier alpha value is -3.22. The number of alkyl halides is 6. The summed E-state index contributed by atoms with van der Waals surface area (Å²) in [4.78, 5) is 22.1. The SMILES string of the molecule is CNC(=O)/C(=N/OC)c1ccccc1CO/N=C(\SC)c1cc(C(F)(F)F)cc(C(F)(F)F)c1. The largest absolute Gasteiger partial charge is 0.416 e. The Morgan fingerprint density at radius 3 is 2.09 bits per heavy atom. The van der Waals surface area contributed by atoms with Crippen LogP contribution in [0.25, 0.3) is 0 Å². The van der Waals surface area contributed by atoms with Crippen LogP contribution in [0.5, 0.6) is 0 Å². The van der Waals surface area contributed by atoms with Gasteiger partial charge in [0.1, 0.15) is 18.8 Å². The van der Waals surface area contributed by atoms with Gasteiger partial charge in [0, 0.05) is 23.7 Å². The number of hydrogen-bond donors (Lipinski definition) is 1. The molecule has 34 heavy (non-hydrogen) atoms. The van der Waals surface area contributed by atoms with Crippen molar-refractivity contribution < 1.29 is 40.8 Å². The maximum atomic E-state index is 13.2. The molecule has 0 saturated carbocycles. The molecular weight excluding hydrogens is 488 g/mol. The zero-order valence-electron chi connectivity index (χ0n) is 18.0. The number of hydrogen-bond acceptors (Lipinski definition) is 6. The third-order valence-electron chi connectivity index (χ3n) is 4.29. The molecule has 0 radical (unpaired) electrons. The number of carbonyl (C=O) groups is 1. The molecule has 0 aliphatic carbocycles. The minimum atomic E-state index is -4.99. The zero-order chi connectivity index (χ0) is 25.5. The molecule has 0 unspecified atom stereocenters. The Kier molecular flexibility index (Phi) is 8.96. The van der Waals surface area contributed by atoms with Crippen LogP contribution in [0.15, 0.2) is 52.8 Å². The number of nitrogens with one attached hydrogen (secondary N) is 1. The first-order valence-electron chi connectivity index (χ1n) is 9.37. The fourth-order valence-corrected chi connectivity index (χ4v) is 3.23. The Balaban J connectivity index is 2.40. The summed E-state index contributed by atoms with van der Waals surface area (Å²) in [5.41, 5.74) is -2.64. The fraction of sp³-hybridized carbons (Fsp3) is 0.286. The van der Waals surface area contributed by atoms with Gasteiger partial charge in [0.05, 0.1) is 11.1 Å². The molecule has 1 N–H and O–H groups in total. The molecule has 2 aromatic rings. The van der Waals surface area contributed by atoms with Gasteiger partial charge in [-0.15, -0.1) is 11.8 Å². The summed E-state index contributed by atoms with van der Waals surface area (Å²) >= 11 is 0.806. The maximum Gasteiger partial charge on any atom is 0.416 e. The average Bonchev–Trinajstić information content (AvgIpc) is 2.78. The zero-order valence-corrected chi connectivity index (χ0v) is 18.9. The number of halogens is 6. The van der Waals surface area contributed by atoms with Crippen LogP contribution >= 0.6 is 11.8 Å². The second-order valence-corrected chi connectivity index (χ2v) is 7.32. The Morgan fingerprint density at radius 1 is 1.00 bits per heavy atom. The summed E-state index contributed by atoms with van der Waals surface area (Å²) in [6.07, 6.45) is -8.55. The summed E-state index contributed by atoms with van der Waals surface area (Å²) in [7, 11) is 2.65. The lowest BCUT2D eigenvalue weighted by molar-refractivity contribution is -0.143. The number of thioether (sulfide) groups is 1. The smallest absolute Gasteiger partial charge is 0.398 e. The molecule has 184 valence electrons. The lowest BCUT2D eigenvalue weighted by Gasteiger charge is -2.14. The number of rotatable bonds is 7. The van der Waals surface area contributed by atoms with Gasteiger partial charge < -0.3 is 15.0 Å². The van der Waals surface area contributed by atoms with Crippen molar-refractivity contribution >= 4 is 28.4 Å². The number of nitrogens with zero attached hydrogens (tertiary/aromatic N) is 2. The molecule has 0 heterocycles. The van der Waals surface area contributed by atoms with Crippen molar-refractivity contribution in [3.63, 3.8) is 0 Å². The van der Waals surface area contributed by atoms with Crippen LogP contribution in [-0.4, -0.2) is 37.1 Å². The van der Waals surface area contributed by atoms with Gasteiger partial charge in [-0.3, -0.25) is 4.79 Å². The third kappa shape index (κ3) is 6.89. The van der Waals surface area contributed by atoms with Crippen LogP contribution in [0.4, 0.5) is 26.3 Å². The van der Waals surface area contributed by atoms with E-state index in [9.17, 15) is 31.1 Å². The number of likely N-dealkylation sites (N-methyl/N-ethyl adjacent to an activating group) is 1. The van der Waals surface area contributed by atoms with Crippen molar-refractivity contribution in [1.29, 1.82) is 0 Å². The molecule has 0 atom stereocenters. The first-order chi connectivity index (χ1) is 15.9. The summed E-state index contributed by atoms with van der Waals surface area (Å²) in [5.74, 6) is -0.550. The van der Waals surface area contributed by atoms with Crippen molar-refractivity contribution in [1.82, 2.24) is 5.32 Å². The molecule has 0 bridgehead atoms. The maximum absolute atomic E-state index is 13.2. The summed E-state index contributed by atoms with van der Waals surface area (Å²) in [6, 6.07) is 7.59. The highest BCUT2D eigenvalue weighted by Crippen LogP contribution is 2.37. The third-order valence-corrected chi connectivity index (χ3v) is 4.99. The van der Waals surface area contributed by atoms with Gasteiger partial charge in [-0.05, 0) is 24.5 Å². The fourth-order valence-electron chi connectivity index (χ4n) is 2.75. The van der Waals surface area contributed by atoms with Crippen molar-refractivity contribution in [2.45, 2.75) is 19.0 Å². The van der Waals surface area contributed by atoms with E-state index in [4.69, 9.17) is 9.68 Å². The molecule has 0 aliphatic rings. The van der Waals surface area contributed by atoms with Crippen LogP contribution in [-0.2, 0) is 33.4 Å². The number of oxime groups is 2. The van der Waals surface area contributed by atoms with Gasteiger partial charge in [-0.1, -0.05) is 34.6 Å². The van der Waals surface area contributed by atoms with E-state index in [2.05, 4.69) is 15.6 Å². The predicted octanol–water partition coefficient (Wildman–Crippen LogP) is 5.06. The average molecular weight is 507 g/mol. The number of carbonyl (C=O) groups excluding carboxylic acids is 1. The van der Waals surface area contributed by atoms with Crippen molar-refractivity contribution in [2.24, 2.45) is 10.3 Å². The molecule has 1 amide bonds. The highest BCUT2D eigenvalue weighted by atomic mass is 32.2. The van der Waals surface area contributed by atoms with Crippen molar-refractivity contribution in [3.05, 3.63) is 70.3 Å². The molecule has 0 fully saturated rings. The molecule has 0 aliphatic heterocycles. The monoisotopic (exact) mass is 507 g/mol. The molecular formula is C21H19F6N3O3S. The van der Waals surface area contributed by atoms with Crippen molar-refractivity contribution in [3.8, 4) is 0 Å². The van der Waals surface area contributed by atoms with E-state index in [0.29, 0.717) is 23.3 Å². The van der Waals surface area contributed by atoms with Crippen molar-refractivity contribution in [2.75, 3.05) is 20.4 Å². The minimum absolute atomic E-state index is 0.0357. The predicted molar refractivity (Wildman–Crippen MR) is 115 cm³/mol. The van der Waals surface area contributed by atoms with Gasteiger partial charge >= 0.3 is 12.4 Å². The van der Waals surface area contributed by atoms with E-state index in [0.717, 1.165) is 11.8 Å². The van der Waals surface area contributed by atoms with Crippen LogP contribution in [0.3, 0.4) is 0 Å². The quantitative estimate of drug-likeness (QED) is 0.246. The van der Waals surface area contributed by atoms with Crippen LogP contribution in [0.2, 0.25) is 0 Å². The minimum Gasteiger partial charge on any atom is -0.398 e. The van der Waals surface area contributed by atoms with E-state index in [-0.39, 0.29) is 23.4 Å². The highest BCUT2D eigenvalue weighted by molar-refractivity contribution is 8.13. The first kappa shape index (κ1) is 27.0. The van der Waals surface area contributed by atoms with Crippen LogP contribution in [0.1, 0.15) is 27.8 Å². The van der Waals surface area contributed by atoms with Crippen LogP contribution < -0.4 is 5.32 Å². The van der Waals surface area contributed by atoms with E-state index in [1.54, 1.807) is 24.3 Å². The number of amides is 1. The highest BCUT2D eigenvalue weighted by Gasteiger charge is 2.37. The lowest BCUT2D eigenvalue weighted by Crippen LogP contribution is -2.29. The van der Waals surface area contributed by atoms with Gasteiger partial charge in [0.2, 0.25) is 0 Å². The van der Waals surface area contributed by atoms with Gasteiger partial charge in [-0.2, -0.15) is 26.3 Å². The van der Waals surface area contributed by atoms with E-state index in [1.807, 2.05) is 0 Å². The molecule has 2 aromatic carbocycles. The van der Waals surface area contributed by atoms with Gasteiger partial charge in [-0.25, -0.2) is 0 Å². The van der Waals surface area contributed by atoms with E-state index < -0.39 is 35.0 Å². The summed E-state index contributed by atoms with van der Waals surface area (Å²) < 4.78 is 78.9. The molecule has 2 rings (SSSR count). The van der Waals surface area contributed by atoms with E-state index in [1.165, 1.54) is 20.4 Å². The normalized spacial score (nSPS) is 13.0. The van der Waals surface area contributed by atoms with Crippen LogP contribution in [0, 0.1) is 0 Å².